The molecular weight excluding hydrogens is 717 g/mol. The number of amidine groups is 1. The van der Waals surface area contributed by atoms with E-state index in [0.717, 1.165) is 50.0 Å². The molecule has 12 rings (SSSR count). The summed E-state index contributed by atoms with van der Waals surface area (Å²) in [6, 6.07) is 65.0. The fraction of sp³-hybridized carbons (Fsp3) is 0.0392. The Labute approximate surface area is 332 Å². The number of nitrogens with one attached hydrogen (secondary N) is 2. The number of fused-ring (bicyclic) bond motifs is 9. The summed E-state index contributed by atoms with van der Waals surface area (Å²) in [6.07, 6.45) is -0.437. The molecule has 2 N–H and O–H groups in total. The zero-order chi connectivity index (χ0) is 37.5. The van der Waals surface area contributed by atoms with Gasteiger partial charge in [0, 0.05) is 58.5 Å². The van der Waals surface area contributed by atoms with E-state index in [0.29, 0.717) is 0 Å². The van der Waals surface area contributed by atoms with Gasteiger partial charge in [0.2, 0.25) is 0 Å². The molecule has 0 amide bonds. The molecule has 0 saturated carbocycles. The lowest BCUT2D eigenvalue weighted by atomic mass is 9.98. The maximum Gasteiger partial charge on any atom is 0.135 e. The normalized spacial score (nSPS) is 15.9. The summed E-state index contributed by atoms with van der Waals surface area (Å²) < 4.78 is 11.5. The predicted octanol–water partition coefficient (Wildman–Crippen LogP) is 13.1. The summed E-state index contributed by atoms with van der Waals surface area (Å²) in [5.74, 6) is 0.858. The maximum atomic E-state index is 6.54. The third kappa shape index (κ3) is 5.22. The van der Waals surface area contributed by atoms with Crippen molar-refractivity contribution in [1.82, 2.24) is 15.2 Å². The summed E-state index contributed by atoms with van der Waals surface area (Å²) in [5, 5.41) is 14.8. The van der Waals surface area contributed by atoms with Gasteiger partial charge in [0.25, 0.3) is 0 Å². The Morgan fingerprint density at radius 1 is 0.509 bits per heavy atom. The molecule has 2 atom stereocenters. The van der Waals surface area contributed by atoms with Crippen LogP contribution in [0.25, 0.3) is 80.7 Å². The van der Waals surface area contributed by atoms with Crippen molar-refractivity contribution in [2.45, 2.75) is 12.3 Å². The molecule has 1 aliphatic rings. The minimum Gasteiger partial charge on any atom is -0.456 e. The summed E-state index contributed by atoms with van der Waals surface area (Å²) in [5.41, 5.74) is 10.9. The van der Waals surface area contributed by atoms with E-state index in [1.807, 2.05) is 23.5 Å². The van der Waals surface area contributed by atoms with Crippen molar-refractivity contribution in [1.29, 1.82) is 0 Å². The Balaban J connectivity index is 0.975. The van der Waals surface area contributed by atoms with E-state index in [4.69, 9.17) is 9.41 Å². The second-order valence-corrected chi connectivity index (χ2v) is 15.9. The molecule has 0 saturated heterocycles. The summed E-state index contributed by atoms with van der Waals surface area (Å²) in [4.78, 5) is 5.14. The number of benzene rings is 8. The van der Waals surface area contributed by atoms with E-state index in [2.05, 4.69) is 185 Å². The van der Waals surface area contributed by atoms with Gasteiger partial charge in [0.15, 0.2) is 0 Å². The molecule has 0 aliphatic carbocycles. The van der Waals surface area contributed by atoms with Crippen molar-refractivity contribution in [3.63, 3.8) is 0 Å². The molecule has 0 spiro atoms. The first-order valence-electron chi connectivity index (χ1n) is 19.3. The van der Waals surface area contributed by atoms with Gasteiger partial charge in [-0.1, -0.05) is 121 Å². The van der Waals surface area contributed by atoms with Gasteiger partial charge in [0.1, 0.15) is 29.3 Å². The monoisotopic (exact) mass is 750 g/mol. The Morgan fingerprint density at radius 3 is 1.93 bits per heavy atom. The molecule has 2 unspecified atom stereocenters. The fourth-order valence-electron chi connectivity index (χ4n) is 8.83. The molecule has 3 aromatic heterocycles. The molecule has 8 aromatic carbocycles. The summed E-state index contributed by atoms with van der Waals surface area (Å²) >= 11 is 1.85. The molecule has 5 nitrogen and oxygen atoms in total. The first-order valence-corrected chi connectivity index (χ1v) is 20.2. The van der Waals surface area contributed by atoms with Crippen LogP contribution < -0.4 is 10.6 Å². The van der Waals surface area contributed by atoms with Gasteiger partial charge < -0.3 is 14.3 Å². The van der Waals surface area contributed by atoms with Gasteiger partial charge in [-0.3, -0.25) is 5.32 Å². The summed E-state index contributed by atoms with van der Waals surface area (Å²) in [6.45, 7) is 0. The quantitative estimate of drug-likeness (QED) is 0.184. The lowest BCUT2D eigenvalue weighted by Gasteiger charge is -2.32. The van der Waals surface area contributed by atoms with Crippen molar-refractivity contribution in [3.8, 4) is 16.8 Å². The van der Waals surface area contributed by atoms with Crippen LogP contribution in [0.4, 0.5) is 0 Å². The number of hydrogen-bond donors (Lipinski definition) is 2. The molecule has 57 heavy (non-hydrogen) atoms. The van der Waals surface area contributed by atoms with Crippen LogP contribution in [0, 0.1) is 0 Å². The Hall–Kier alpha value is -6.99. The highest BCUT2D eigenvalue weighted by Crippen LogP contribution is 2.41. The van der Waals surface area contributed by atoms with E-state index >= 15 is 0 Å². The SMILES string of the molecule is c1ccc(C2=NC(c3ccccc3)NC(c3cccc4oc5ccc(-c6ccc7sc8ccc(-n9c%10ccccc%10c%10ccccc%109)cc8c7c6)cc5c34)N2)cc1. The fourth-order valence-corrected chi connectivity index (χ4v) is 9.89. The van der Waals surface area contributed by atoms with Crippen LogP contribution in [0.5, 0.6) is 0 Å². The van der Waals surface area contributed by atoms with Gasteiger partial charge in [-0.25, -0.2) is 4.99 Å². The van der Waals surface area contributed by atoms with Gasteiger partial charge in [0.05, 0.1) is 11.0 Å². The lowest BCUT2D eigenvalue weighted by molar-refractivity contribution is 0.411. The van der Waals surface area contributed by atoms with Crippen LogP contribution in [0.1, 0.15) is 29.0 Å². The number of hydrogen-bond acceptors (Lipinski definition) is 5. The first kappa shape index (κ1) is 32.3. The topological polar surface area (TPSA) is 54.5 Å². The largest absolute Gasteiger partial charge is 0.456 e. The predicted molar refractivity (Wildman–Crippen MR) is 238 cm³/mol. The minimum atomic E-state index is -0.223. The molecule has 0 fully saturated rings. The third-order valence-corrected chi connectivity index (χ3v) is 12.6. The number of para-hydroxylation sites is 2. The Kier molecular flexibility index (Phi) is 7.24. The van der Waals surface area contributed by atoms with Crippen LogP contribution in [-0.2, 0) is 0 Å². The third-order valence-electron chi connectivity index (χ3n) is 11.5. The smallest absolute Gasteiger partial charge is 0.135 e. The number of thiophene rings is 1. The van der Waals surface area contributed by atoms with E-state index in [1.54, 1.807) is 0 Å². The number of aromatic nitrogens is 1. The standard InChI is InChI=1S/C51H34N4OS/c1-3-12-31(13-4-1)49-52-50(32-14-5-2-6-15-32)54-51(53-49)38-18-11-21-45-48(38)41-29-33(22-25-44(41)56-45)34-23-26-46-39(28-34)40-30-35(24-27-47(40)57-46)55-42-19-9-7-16-36(42)37-17-8-10-20-43(37)55/h1-30,49,51,53H,(H,52,54). The number of rotatable bonds is 5. The van der Waals surface area contributed by atoms with Crippen molar-refractivity contribution >= 4 is 81.1 Å². The first-order chi connectivity index (χ1) is 28.2. The van der Waals surface area contributed by atoms with E-state index < -0.39 is 0 Å². The van der Waals surface area contributed by atoms with Gasteiger partial charge in [-0.15, -0.1) is 11.3 Å². The molecule has 4 heterocycles. The van der Waals surface area contributed by atoms with Crippen molar-refractivity contribution in [2.75, 3.05) is 0 Å². The van der Waals surface area contributed by atoms with E-state index in [1.165, 1.54) is 53.2 Å². The van der Waals surface area contributed by atoms with E-state index in [-0.39, 0.29) is 12.3 Å². The summed E-state index contributed by atoms with van der Waals surface area (Å²) in [7, 11) is 0. The van der Waals surface area contributed by atoms with E-state index in [9.17, 15) is 0 Å². The Morgan fingerprint density at radius 2 is 1.16 bits per heavy atom. The molecule has 1 aliphatic heterocycles. The highest BCUT2D eigenvalue weighted by atomic mass is 32.1. The van der Waals surface area contributed by atoms with Crippen molar-refractivity contribution < 1.29 is 4.42 Å². The average molecular weight is 751 g/mol. The molecular formula is C51H34N4OS. The second-order valence-electron chi connectivity index (χ2n) is 14.8. The zero-order valence-corrected chi connectivity index (χ0v) is 31.5. The molecule has 6 heteroatoms. The van der Waals surface area contributed by atoms with Crippen LogP contribution >= 0.6 is 11.3 Å². The van der Waals surface area contributed by atoms with Gasteiger partial charge >= 0.3 is 0 Å². The number of aliphatic imine (C=N–C) groups is 1. The molecule has 270 valence electrons. The second kappa shape index (κ2) is 12.8. The van der Waals surface area contributed by atoms with Crippen LogP contribution in [0.15, 0.2) is 191 Å². The number of nitrogens with zero attached hydrogens (tertiary/aromatic N) is 2. The highest BCUT2D eigenvalue weighted by molar-refractivity contribution is 7.25. The molecule has 0 bridgehead atoms. The highest BCUT2D eigenvalue weighted by Gasteiger charge is 2.28. The Bertz CT molecular complexity index is 3320. The molecule has 0 radical (unpaired) electrons. The maximum absolute atomic E-state index is 6.54. The van der Waals surface area contributed by atoms with Crippen molar-refractivity contribution in [2.24, 2.45) is 4.99 Å². The van der Waals surface area contributed by atoms with Crippen LogP contribution in [0.3, 0.4) is 0 Å². The average Bonchev–Trinajstić information content (AvgIpc) is 3.95. The minimum absolute atomic E-state index is 0.215. The van der Waals surface area contributed by atoms with Crippen LogP contribution in [0.2, 0.25) is 0 Å². The van der Waals surface area contributed by atoms with Gasteiger partial charge in [-0.05, 0) is 77.4 Å². The molecule has 11 aromatic rings. The van der Waals surface area contributed by atoms with Gasteiger partial charge in [-0.2, -0.15) is 0 Å². The zero-order valence-electron chi connectivity index (χ0n) is 30.7. The van der Waals surface area contributed by atoms with Crippen molar-refractivity contribution in [3.05, 3.63) is 199 Å². The van der Waals surface area contributed by atoms with Crippen LogP contribution in [-0.4, -0.2) is 10.4 Å². The number of furan rings is 1. The lowest BCUT2D eigenvalue weighted by Crippen LogP contribution is -2.45.